The summed E-state index contributed by atoms with van der Waals surface area (Å²) >= 11 is 0. The van der Waals surface area contributed by atoms with E-state index in [9.17, 15) is 4.79 Å². The highest BCUT2D eigenvalue weighted by molar-refractivity contribution is 5.95. The van der Waals surface area contributed by atoms with Gasteiger partial charge in [0, 0.05) is 23.7 Å². The van der Waals surface area contributed by atoms with Gasteiger partial charge in [0.1, 0.15) is 23.7 Å². The maximum atomic E-state index is 11.1. The van der Waals surface area contributed by atoms with Gasteiger partial charge in [-0.2, -0.15) is 0 Å². The van der Waals surface area contributed by atoms with Crippen LogP contribution in [-0.4, -0.2) is 16.1 Å². The molecule has 0 saturated carbocycles. The number of rotatable bonds is 7. The molecule has 0 saturated heterocycles. The van der Waals surface area contributed by atoms with E-state index in [0.29, 0.717) is 17.9 Å². The number of hydrogen-bond donors (Lipinski definition) is 2. The van der Waals surface area contributed by atoms with Crippen molar-refractivity contribution in [2.45, 2.75) is 26.5 Å². The Bertz CT molecular complexity index is 1210. The van der Waals surface area contributed by atoms with E-state index in [1.54, 1.807) is 24.4 Å². The monoisotopic (exact) mass is 402 g/mol. The first-order chi connectivity index (χ1) is 14.5. The number of furan rings is 1. The maximum Gasteiger partial charge on any atom is 0.307 e. The fourth-order valence-corrected chi connectivity index (χ4v) is 3.52. The van der Waals surface area contributed by atoms with Crippen molar-refractivity contribution in [1.82, 2.24) is 4.98 Å². The number of carboxylic acids is 1. The molecule has 0 atom stereocenters. The summed E-state index contributed by atoms with van der Waals surface area (Å²) in [5.74, 6) is 0.491. The van der Waals surface area contributed by atoms with Crippen LogP contribution in [0.1, 0.15) is 22.6 Å². The fraction of sp³-hybridized carbons (Fsp3) is 0.167. The maximum absolute atomic E-state index is 11.1. The molecule has 6 nitrogen and oxygen atoms in total. The average molecular weight is 402 g/mol. The highest BCUT2D eigenvalue weighted by Crippen LogP contribution is 2.33. The number of carboxylic acid groups (broad SMARTS) is 1. The Kier molecular flexibility index (Phi) is 5.50. The highest BCUT2D eigenvalue weighted by atomic mass is 16.5. The SMILES string of the molecule is Cc1cc2c(-c3ccnc(CN)c3)cc(COc3ccccc3CC(=O)O)cc2o1. The Morgan fingerprint density at radius 2 is 2.00 bits per heavy atom. The molecule has 2 aromatic carbocycles. The number of aryl methyl sites for hydroxylation is 1. The quantitative estimate of drug-likeness (QED) is 0.473. The van der Waals surface area contributed by atoms with Crippen LogP contribution in [-0.2, 0) is 24.4 Å². The molecular weight excluding hydrogens is 380 g/mol. The molecule has 30 heavy (non-hydrogen) atoms. The van der Waals surface area contributed by atoms with E-state index in [4.69, 9.17) is 20.0 Å². The molecule has 6 heteroatoms. The molecule has 0 aliphatic rings. The summed E-state index contributed by atoms with van der Waals surface area (Å²) in [5, 5.41) is 10.1. The Labute approximate surface area is 173 Å². The summed E-state index contributed by atoms with van der Waals surface area (Å²) in [6, 6.07) is 17.1. The van der Waals surface area contributed by atoms with Crippen LogP contribution in [0.3, 0.4) is 0 Å². The van der Waals surface area contributed by atoms with Crippen molar-refractivity contribution in [3.05, 3.63) is 83.4 Å². The van der Waals surface area contributed by atoms with Crippen molar-refractivity contribution < 1.29 is 19.1 Å². The Hall–Kier alpha value is -3.64. The normalized spacial score (nSPS) is 11.0. The molecular formula is C24H22N2O4. The van der Waals surface area contributed by atoms with Gasteiger partial charge in [-0.05, 0) is 60.0 Å². The third-order valence-electron chi connectivity index (χ3n) is 4.87. The number of nitrogens with zero attached hydrogens (tertiary/aromatic N) is 1. The first kappa shape index (κ1) is 19.7. The van der Waals surface area contributed by atoms with E-state index in [1.807, 2.05) is 37.3 Å². The van der Waals surface area contributed by atoms with E-state index in [1.165, 1.54) is 0 Å². The molecule has 0 aliphatic carbocycles. The fourth-order valence-electron chi connectivity index (χ4n) is 3.52. The lowest BCUT2D eigenvalue weighted by molar-refractivity contribution is -0.136. The molecule has 2 aromatic heterocycles. The van der Waals surface area contributed by atoms with Crippen LogP contribution in [0.5, 0.6) is 5.75 Å². The predicted octanol–water partition coefficient (Wildman–Crippen LogP) is 4.47. The molecule has 0 unspecified atom stereocenters. The van der Waals surface area contributed by atoms with Crippen molar-refractivity contribution in [1.29, 1.82) is 0 Å². The van der Waals surface area contributed by atoms with Gasteiger partial charge in [0.25, 0.3) is 0 Å². The Morgan fingerprint density at radius 1 is 1.17 bits per heavy atom. The smallest absolute Gasteiger partial charge is 0.307 e. The van der Waals surface area contributed by atoms with Gasteiger partial charge in [0.05, 0.1) is 12.1 Å². The van der Waals surface area contributed by atoms with Gasteiger partial charge in [0.15, 0.2) is 0 Å². The summed E-state index contributed by atoms with van der Waals surface area (Å²) in [5.41, 5.74) is 10.9. The Morgan fingerprint density at radius 3 is 2.80 bits per heavy atom. The van der Waals surface area contributed by atoms with Crippen LogP contribution in [0.2, 0.25) is 0 Å². The van der Waals surface area contributed by atoms with Crippen molar-refractivity contribution in [2.75, 3.05) is 0 Å². The number of pyridine rings is 1. The highest BCUT2D eigenvalue weighted by Gasteiger charge is 2.13. The zero-order valence-electron chi connectivity index (χ0n) is 16.6. The van der Waals surface area contributed by atoms with E-state index in [-0.39, 0.29) is 13.0 Å². The molecule has 0 fully saturated rings. The average Bonchev–Trinajstić information content (AvgIpc) is 3.12. The van der Waals surface area contributed by atoms with Crippen LogP contribution in [0.25, 0.3) is 22.1 Å². The van der Waals surface area contributed by atoms with Crippen molar-refractivity contribution in [3.63, 3.8) is 0 Å². The summed E-state index contributed by atoms with van der Waals surface area (Å²) in [6.45, 7) is 2.57. The second kappa shape index (κ2) is 8.39. The second-order valence-corrected chi connectivity index (χ2v) is 7.12. The largest absolute Gasteiger partial charge is 0.489 e. The number of aliphatic carboxylic acids is 1. The summed E-state index contributed by atoms with van der Waals surface area (Å²) in [6.07, 6.45) is 1.67. The molecule has 0 amide bonds. The van der Waals surface area contributed by atoms with Gasteiger partial charge in [0.2, 0.25) is 0 Å². The molecule has 2 heterocycles. The molecule has 0 aliphatic heterocycles. The summed E-state index contributed by atoms with van der Waals surface area (Å²) in [7, 11) is 0. The number of aromatic nitrogens is 1. The Balaban J connectivity index is 1.70. The lowest BCUT2D eigenvalue weighted by Crippen LogP contribution is -2.04. The van der Waals surface area contributed by atoms with E-state index < -0.39 is 5.97 Å². The minimum absolute atomic E-state index is 0.0866. The third kappa shape index (κ3) is 4.18. The zero-order chi connectivity index (χ0) is 21.1. The summed E-state index contributed by atoms with van der Waals surface area (Å²) < 4.78 is 11.9. The minimum atomic E-state index is -0.894. The van der Waals surface area contributed by atoms with Gasteiger partial charge in [-0.15, -0.1) is 0 Å². The molecule has 3 N–H and O–H groups in total. The number of hydrogen-bond acceptors (Lipinski definition) is 5. The number of nitrogens with two attached hydrogens (primary N) is 1. The minimum Gasteiger partial charge on any atom is -0.489 e. The first-order valence-corrected chi connectivity index (χ1v) is 9.64. The third-order valence-corrected chi connectivity index (χ3v) is 4.87. The van der Waals surface area contributed by atoms with Gasteiger partial charge in [-0.1, -0.05) is 18.2 Å². The standard InChI is InChI=1S/C24H22N2O4/c1-15-8-21-20(17-6-7-26-19(11-17)13-25)9-16(10-23(21)30-15)14-29-22-5-3-2-4-18(22)12-24(27)28/h2-11H,12-14,25H2,1H3,(H,27,28). The topological polar surface area (TPSA) is 98.6 Å². The predicted molar refractivity (Wildman–Crippen MR) is 114 cm³/mol. The number of para-hydroxylation sites is 1. The van der Waals surface area contributed by atoms with Crippen LogP contribution < -0.4 is 10.5 Å². The lowest BCUT2D eigenvalue weighted by Gasteiger charge is -2.12. The van der Waals surface area contributed by atoms with E-state index >= 15 is 0 Å². The van der Waals surface area contributed by atoms with Crippen molar-refractivity contribution >= 4 is 16.9 Å². The van der Waals surface area contributed by atoms with Crippen molar-refractivity contribution in [2.24, 2.45) is 5.73 Å². The van der Waals surface area contributed by atoms with Gasteiger partial charge < -0.3 is 20.0 Å². The molecule has 0 radical (unpaired) electrons. The van der Waals surface area contributed by atoms with Gasteiger partial charge >= 0.3 is 5.97 Å². The molecule has 4 rings (SSSR count). The lowest BCUT2D eigenvalue weighted by atomic mass is 9.99. The summed E-state index contributed by atoms with van der Waals surface area (Å²) in [4.78, 5) is 15.4. The van der Waals surface area contributed by atoms with Crippen molar-refractivity contribution in [3.8, 4) is 16.9 Å². The second-order valence-electron chi connectivity index (χ2n) is 7.12. The number of carbonyl (C=O) groups is 1. The van der Waals surface area contributed by atoms with Crippen LogP contribution in [0.15, 0.2) is 65.2 Å². The number of benzene rings is 2. The van der Waals surface area contributed by atoms with Crippen LogP contribution >= 0.6 is 0 Å². The van der Waals surface area contributed by atoms with Gasteiger partial charge in [-0.3, -0.25) is 9.78 Å². The number of ether oxygens (including phenoxy) is 1. The van der Waals surface area contributed by atoms with Crippen LogP contribution in [0, 0.1) is 6.92 Å². The number of fused-ring (bicyclic) bond motifs is 1. The zero-order valence-corrected chi connectivity index (χ0v) is 16.6. The molecule has 152 valence electrons. The first-order valence-electron chi connectivity index (χ1n) is 9.64. The molecule has 4 aromatic rings. The van der Waals surface area contributed by atoms with E-state index in [2.05, 4.69) is 11.1 Å². The molecule has 0 spiro atoms. The molecule has 0 bridgehead atoms. The van der Waals surface area contributed by atoms with Crippen LogP contribution in [0.4, 0.5) is 0 Å². The van der Waals surface area contributed by atoms with Gasteiger partial charge in [-0.25, -0.2) is 0 Å². The van der Waals surface area contributed by atoms with E-state index in [0.717, 1.165) is 39.1 Å².